The van der Waals surface area contributed by atoms with E-state index < -0.39 is 16.9 Å². The lowest BCUT2D eigenvalue weighted by atomic mass is 10.3. The highest BCUT2D eigenvalue weighted by molar-refractivity contribution is 5.93. The average molecular weight is 301 g/mol. The first kappa shape index (κ1) is 15.4. The van der Waals surface area contributed by atoms with E-state index in [0.717, 1.165) is 5.56 Å². The van der Waals surface area contributed by atoms with Crippen molar-refractivity contribution >= 4 is 17.4 Å². The molecule has 7 heteroatoms. The van der Waals surface area contributed by atoms with Crippen LogP contribution in [0.25, 0.3) is 0 Å². The topological polar surface area (TPSA) is 94.4 Å². The van der Waals surface area contributed by atoms with Crippen molar-refractivity contribution in [2.75, 3.05) is 5.32 Å². The maximum atomic E-state index is 12.1. The summed E-state index contributed by atoms with van der Waals surface area (Å²) in [5, 5.41) is 13.5. The molecule has 0 saturated heterocycles. The summed E-state index contributed by atoms with van der Waals surface area (Å²) in [6.45, 7) is 3.40. The van der Waals surface area contributed by atoms with Gasteiger partial charge >= 0.3 is 5.69 Å². The molecule has 1 atom stereocenters. The molecule has 0 bridgehead atoms. The number of anilines is 1. The summed E-state index contributed by atoms with van der Waals surface area (Å²) in [4.78, 5) is 26.4. The molecule has 2 rings (SSSR count). The largest absolute Gasteiger partial charge is 0.474 e. The monoisotopic (exact) mass is 301 g/mol. The third-order valence-corrected chi connectivity index (χ3v) is 2.90. The van der Waals surface area contributed by atoms with Crippen LogP contribution in [0.5, 0.6) is 5.75 Å². The number of benzene rings is 1. The quantitative estimate of drug-likeness (QED) is 0.676. The van der Waals surface area contributed by atoms with Gasteiger partial charge in [-0.2, -0.15) is 0 Å². The molecule has 0 aliphatic heterocycles. The van der Waals surface area contributed by atoms with Gasteiger partial charge < -0.3 is 10.1 Å². The van der Waals surface area contributed by atoms with E-state index in [1.165, 1.54) is 25.1 Å². The maximum Gasteiger partial charge on any atom is 0.310 e. The first-order chi connectivity index (χ1) is 10.5. The van der Waals surface area contributed by atoms with Crippen LogP contribution in [-0.2, 0) is 4.79 Å². The summed E-state index contributed by atoms with van der Waals surface area (Å²) in [5.74, 6) is 0.0200. The van der Waals surface area contributed by atoms with Gasteiger partial charge in [-0.25, -0.2) is 4.98 Å². The average Bonchev–Trinajstić information content (AvgIpc) is 2.47. The van der Waals surface area contributed by atoms with Crippen LogP contribution < -0.4 is 10.1 Å². The van der Waals surface area contributed by atoms with Crippen molar-refractivity contribution in [1.82, 2.24) is 4.98 Å². The van der Waals surface area contributed by atoms with Crippen LogP contribution in [-0.4, -0.2) is 21.9 Å². The van der Waals surface area contributed by atoms with Gasteiger partial charge in [-0.05, 0) is 37.6 Å². The van der Waals surface area contributed by atoms with Crippen molar-refractivity contribution in [3.63, 3.8) is 0 Å². The molecule has 0 fully saturated rings. The number of pyridine rings is 1. The number of ether oxygens (including phenoxy) is 1. The number of aryl methyl sites for hydroxylation is 1. The summed E-state index contributed by atoms with van der Waals surface area (Å²) in [5.41, 5.74) is 0.772. The minimum absolute atomic E-state index is 0.0485. The molecule has 1 N–H and O–H groups in total. The number of nitrogens with one attached hydrogen (secondary N) is 1. The van der Waals surface area contributed by atoms with Gasteiger partial charge in [0.05, 0.1) is 4.92 Å². The number of aromatic nitrogens is 1. The van der Waals surface area contributed by atoms with Gasteiger partial charge in [0.2, 0.25) is 0 Å². The van der Waals surface area contributed by atoms with Crippen LogP contribution in [0.3, 0.4) is 0 Å². The molecule has 0 spiro atoms. The summed E-state index contributed by atoms with van der Waals surface area (Å²) < 4.78 is 5.39. The highest BCUT2D eigenvalue weighted by Crippen LogP contribution is 2.26. The normalized spacial score (nSPS) is 11.5. The highest BCUT2D eigenvalue weighted by Gasteiger charge is 2.20. The van der Waals surface area contributed by atoms with Gasteiger partial charge in [0.25, 0.3) is 5.91 Å². The third kappa shape index (κ3) is 3.78. The molecule has 0 aliphatic rings. The number of hydrogen-bond acceptors (Lipinski definition) is 5. The van der Waals surface area contributed by atoms with Gasteiger partial charge in [-0.1, -0.05) is 12.1 Å². The van der Waals surface area contributed by atoms with Crippen molar-refractivity contribution in [3.8, 4) is 5.75 Å². The van der Waals surface area contributed by atoms with Gasteiger partial charge in [-0.15, -0.1) is 0 Å². The van der Waals surface area contributed by atoms with E-state index in [-0.39, 0.29) is 11.4 Å². The van der Waals surface area contributed by atoms with E-state index in [1.807, 2.05) is 13.0 Å². The number of carbonyl (C=O) groups excluding carboxylic acids is 1. The SMILES string of the molecule is Cc1ccnc(NC(=O)C(C)Oc2ccccc2[N+](=O)[O-])c1. The zero-order valence-corrected chi connectivity index (χ0v) is 12.1. The summed E-state index contributed by atoms with van der Waals surface area (Å²) >= 11 is 0. The molecule has 2 aromatic rings. The standard InChI is InChI=1S/C15H15N3O4/c1-10-7-8-16-14(9-10)17-15(19)11(2)22-13-6-4-3-5-12(13)18(20)21/h3-9,11H,1-2H3,(H,16,17,19). The molecule has 0 saturated carbocycles. The predicted molar refractivity (Wildman–Crippen MR) is 80.8 cm³/mol. The summed E-state index contributed by atoms with van der Waals surface area (Å²) in [7, 11) is 0. The van der Waals surface area contributed by atoms with E-state index in [0.29, 0.717) is 5.82 Å². The predicted octanol–water partition coefficient (Wildman–Crippen LogP) is 2.70. The van der Waals surface area contributed by atoms with Crippen LogP contribution >= 0.6 is 0 Å². The zero-order chi connectivity index (χ0) is 16.1. The Morgan fingerprint density at radius 1 is 1.36 bits per heavy atom. The minimum Gasteiger partial charge on any atom is -0.474 e. The lowest BCUT2D eigenvalue weighted by molar-refractivity contribution is -0.386. The number of carbonyl (C=O) groups is 1. The van der Waals surface area contributed by atoms with E-state index in [4.69, 9.17) is 4.74 Å². The van der Waals surface area contributed by atoms with Crippen molar-refractivity contribution in [2.45, 2.75) is 20.0 Å². The number of nitrogens with zero attached hydrogens (tertiary/aromatic N) is 2. The van der Waals surface area contributed by atoms with Crippen molar-refractivity contribution < 1.29 is 14.5 Å². The van der Waals surface area contributed by atoms with E-state index in [2.05, 4.69) is 10.3 Å². The highest BCUT2D eigenvalue weighted by atomic mass is 16.6. The molecule has 114 valence electrons. The Bertz CT molecular complexity index is 703. The Kier molecular flexibility index (Phi) is 4.67. The Hall–Kier alpha value is -2.96. The van der Waals surface area contributed by atoms with Crippen LogP contribution in [0.4, 0.5) is 11.5 Å². The van der Waals surface area contributed by atoms with E-state index >= 15 is 0 Å². The molecule has 1 amide bonds. The van der Waals surface area contributed by atoms with Gasteiger partial charge in [-0.3, -0.25) is 14.9 Å². The maximum absolute atomic E-state index is 12.1. The molecule has 0 aliphatic carbocycles. The van der Waals surface area contributed by atoms with Crippen LogP contribution in [0, 0.1) is 17.0 Å². The first-order valence-electron chi connectivity index (χ1n) is 6.61. The minimum atomic E-state index is -0.900. The lowest BCUT2D eigenvalue weighted by Gasteiger charge is -2.14. The first-order valence-corrected chi connectivity index (χ1v) is 6.61. The number of nitro groups is 1. The fraction of sp³-hybridized carbons (Fsp3) is 0.200. The van der Waals surface area contributed by atoms with Crippen LogP contribution in [0.15, 0.2) is 42.6 Å². The number of amides is 1. The molecule has 1 heterocycles. The molecular weight excluding hydrogens is 286 g/mol. The Balaban J connectivity index is 2.07. The summed E-state index contributed by atoms with van der Waals surface area (Å²) in [6.07, 6.45) is 0.682. The fourth-order valence-electron chi connectivity index (χ4n) is 1.78. The van der Waals surface area contributed by atoms with Crippen molar-refractivity contribution in [3.05, 3.63) is 58.3 Å². The van der Waals surface area contributed by atoms with Gasteiger partial charge in [0.1, 0.15) is 5.82 Å². The zero-order valence-electron chi connectivity index (χ0n) is 12.1. The molecule has 1 aromatic carbocycles. The van der Waals surface area contributed by atoms with Crippen LogP contribution in [0.2, 0.25) is 0 Å². The second-order valence-corrected chi connectivity index (χ2v) is 4.69. The van der Waals surface area contributed by atoms with Crippen molar-refractivity contribution in [2.24, 2.45) is 0 Å². The van der Waals surface area contributed by atoms with Gasteiger partial charge in [0, 0.05) is 12.3 Å². The lowest BCUT2D eigenvalue weighted by Crippen LogP contribution is -2.30. The molecule has 7 nitrogen and oxygen atoms in total. The van der Waals surface area contributed by atoms with Crippen LogP contribution in [0.1, 0.15) is 12.5 Å². The van der Waals surface area contributed by atoms with E-state index in [1.54, 1.807) is 18.3 Å². The molecule has 22 heavy (non-hydrogen) atoms. The van der Waals surface area contributed by atoms with E-state index in [9.17, 15) is 14.9 Å². The fourth-order valence-corrected chi connectivity index (χ4v) is 1.78. The molecule has 0 radical (unpaired) electrons. The number of nitro benzene ring substituents is 1. The second-order valence-electron chi connectivity index (χ2n) is 4.69. The Morgan fingerprint density at radius 2 is 2.09 bits per heavy atom. The Labute approximate surface area is 127 Å². The second kappa shape index (κ2) is 6.66. The molecule has 1 unspecified atom stereocenters. The molecule has 1 aromatic heterocycles. The smallest absolute Gasteiger partial charge is 0.310 e. The number of hydrogen-bond donors (Lipinski definition) is 1. The number of rotatable bonds is 5. The number of para-hydroxylation sites is 2. The summed E-state index contributed by atoms with van der Waals surface area (Å²) in [6, 6.07) is 9.44. The van der Waals surface area contributed by atoms with Crippen molar-refractivity contribution in [1.29, 1.82) is 0 Å². The molecular formula is C15H15N3O4. The van der Waals surface area contributed by atoms with Gasteiger partial charge in [0.15, 0.2) is 11.9 Å². The third-order valence-electron chi connectivity index (χ3n) is 2.90. The Morgan fingerprint density at radius 3 is 2.77 bits per heavy atom.